The van der Waals surface area contributed by atoms with Crippen molar-refractivity contribution in [1.29, 1.82) is 0 Å². The highest BCUT2D eigenvalue weighted by Crippen LogP contribution is 2.17. The fourth-order valence-electron chi connectivity index (χ4n) is 4.49. The van der Waals surface area contributed by atoms with E-state index >= 15 is 0 Å². The van der Waals surface area contributed by atoms with Crippen LogP contribution in [0, 0.1) is 10.1 Å². The van der Waals surface area contributed by atoms with Crippen molar-refractivity contribution in [3.05, 3.63) is 69.5 Å². The van der Waals surface area contributed by atoms with Gasteiger partial charge in [-0.2, -0.15) is 0 Å². The predicted octanol–water partition coefficient (Wildman–Crippen LogP) is 1.16. The number of hydrogen-bond acceptors (Lipinski definition) is 9. The van der Waals surface area contributed by atoms with Crippen LogP contribution >= 0.6 is 0 Å². The third-order valence-electron chi connectivity index (χ3n) is 6.34. The number of benzene rings is 1. The van der Waals surface area contributed by atoms with E-state index in [1.807, 2.05) is 0 Å². The molecule has 2 aromatic rings. The Morgan fingerprint density at radius 2 is 1.39 bits per heavy atom. The van der Waals surface area contributed by atoms with Crippen molar-refractivity contribution < 1.29 is 34.6 Å². The number of nitro groups is 1. The molecule has 1 aliphatic heterocycles. The molecule has 0 amide bonds. The Bertz CT molecular complexity index is 1100. The number of aliphatic carboxylic acids is 3. The molecule has 1 atom stereocenters. The lowest BCUT2D eigenvalue weighted by Crippen LogP contribution is -2.49. The SMILES string of the molecule is O=C(O)CN1CCN(C(CCc2ccc([N+](=O)[O-])cc2)C(=O)O)CCN(CC(=O)O)Cc2cccc(n2)C1. The van der Waals surface area contributed by atoms with Crippen LogP contribution in [-0.2, 0) is 33.9 Å². The molecule has 2 heterocycles. The van der Waals surface area contributed by atoms with Gasteiger partial charge in [0.05, 0.1) is 29.4 Å². The molecule has 0 fully saturated rings. The number of carboxylic acids is 3. The van der Waals surface area contributed by atoms with E-state index in [0.29, 0.717) is 17.8 Å². The lowest BCUT2D eigenvalue weighted by atomic mass is 10.0. The molecule has 0 saturated heterocycles. The van der Waals surface area contributed by atoms with Crippen molar-refractivity contribution >= 4 is 23.6 Å². The summed E-state index contributed by atoms with van der Waals surface area (Å²) < 4.78 is 0. The highest BCUT2D eigenvalue weighted by Gasteiger charge is 2.27. The minimum atomic E-state index is -1.06. The van der Waals surface area contributed by atoms with Gasteiger partial charge in [0, 0.05) is 51.4 Å². The van der Waals surface area contributed by atoms with Crippen LogP contribution in [0.5, 0.6) is 0 Å². The second kappa shape index (κ2) is 13.6. The number of carboxylic acid groups (broad SMARTS) is 3. The van der Waals surface area contributed by atoms with Crippen LogP contribution in [0.1, 0.15) is 23.4 Å². The maximum atomic E-state index is 12.3. The summed E-state index contributed by atoms with van der Waals surface area (Å²) in [4.78, 5) is 55.4. The van der Waals surface area contributed by atoms with E-state index in [1.165, 1.54) is 12.1 Å². The maximum absolute atomic E-state index is 12.3. The van der Waals surface area contributed by atoms with E-state index in [0.717, 1.165) is 5.56 Å². The number of pyridine rings is 1. The Morgan fingerprint density at radius 1 is 0.868 bits per heavy atom. The number of fused-ring (bicyclic) bond motifs is 2. The Labute approximate surface area is 219 Å². The van der Waals surface area contributed by atoms with Crippen molar-refractivity contribution in [3.8, 4) is 0 Å². The van der Waals surface area contributed by atoms with Crippen molar-refractivity contribution in [1.82, 2.24) is 19.7 Å². The van der Waals surface area contributed by atoms with Gasteiger partial charge >= 0.3 is 17.9 Å². The van der Waals surface area contributed by atoms with E-state index in [1.54, 1.807) is 45.0 Å². The third kappa shape index (κ3) is 8.87. The van der Waals surface area contributed by atoms with Gasteiger partial charge in [-0.3, -0.25) is 44.2 Å². The highest BCUT2D eigenvalue weighted by atomic mass is 16.6. The van der Waals surface area contributed by atoms with Crippen LogP contribution < -0.4 is 0 Å². The summed E-state index contributed by atoms with van der Waals surface area (Å²) >= 11 is 0. The van der Waals surface area contributed by atoms with Gasteiger partial charge < -0.3 is 15.3 Å². The van der Waals surface area contributed by atoms with Crippen molar-refractivity contribution in [2.75, 3.05) is 39.3 Å². The largest absolute Gasteiger partial charge is 0.480 e. The number of nitro benzene ring substituents is 1. The summed E-state index contributed by atoms with van der Waals surface area (Å²) in [5.74, 6) is -3.08. The molecule has 38 heavy (non-hydrogen) atoms. The lowest BCUT2D eigenvalue weighted by Gasteiger charge is -2.33. The molecule has 0 saturated carbocycles. The zero-order valence-electron chi connectivity index (χ0n) is 20.8. The molecule has 0 spiro atoms. The van der Waals surface area contributed by atoms with Crippen LogP contribution in [0.15, 0.2) is 42.5 Å². The minimum absolute atomic E-state index is 0.0528. The molecule has 204 valence electrons. The zero-order chi connectivity index (χ0) is 27.7. The van der Waals surface area contributed by atoms with Crippen LogP contribution in [-0.4, -0.2) is 103 Å². The number of non-ortho nitro benzene ring substituents is 1. The predicted molar refractivity (Wildman–Crippen MR) is 134 cm³/mol. The Kier molecular flexibility index (Phi) is 10.2. The molecular weight excluding hydrogens is 498 g/mol. The van der Waals surface area contributed by atoms with Gasteiger partial charge in [0.2, 0.25) is 0 Å². The van der Waals surface area contributed by atoms with Gasteiger partial charge in [0.1, 0.15) is 6.04 Å². The lowest BCUT2D eigenvalue weighted by molar-refractivity contribution is -0.384. The molecule has 13 nitrogen and oxygen atoms in total. The number of rotatable bonds is 10. The summed E-state index contributed by atoms with van der Waals surface area (Å²) in [5, 5.41) is 39.8. The van der Waals surface area contributed by atoms with Gasteiger partial charge in [0.15, 0.2) is 0 Å². The molecule has 3 rings (SSSR count). The second-order valence-corrected chi connectivity index (χ2v) is 9.18. The van der Waals surface area contributed by atoms with Gasteiger partial charge in [-0.05, 0) is 30.5 Å². The maximum Gasteiger partial charge on any atom is 0.320 e. The number of nitrogens with zero attached hydrogens (tertiary/aromatic N) is 5. The van der Waals surface area contributed by atoms with Crippen LogP contribution in [0.2, 0.25) is 0 Å². The molecule has 0 aliphatic carbocycles. The van der Waals surface area contributed by atoms with Crippen molar-refractivity contribution in [3.63, 3.8) is 0 Å². The fraction of sp³-hybridized carbons (Fsp3) is 0.440. The quantitative estimate of drug-likeness (QED) is 0.296. The average molecular weight is 530 g/mol. The number of aryl methyl sites for hydroxylation is 1. The molecule has 1 aromatic heterocycles. The summed E-state index contributed by atoms with van der Waals surface area (Å²) in [5.41, 5.74) is 1.97. The van der Waals surface area contributed by atoms with Gasteiger partial charge in [-0.1, -0.05) is 18.2 Å². The van der Waals surface area contributed by atoms with E-state index in [2.05, 4.69) is 4.98 Å². The zero-order valence-corrected chi connectivity index (χ0v) is 20.8. The highest BCUT2D eigenvalue weighted by molar-refractivity contribution is 5.73. The molecule has 13 heteroatoms. The molecule has 2 bridgehead atoms. The Hall–Kier alpha value is -3.94. The summed E-state index contributed by atoms with van der Waals surface area (Å²) in [7, 11) is 0. The smallest absolute Gasteiger partial charge is 0.320 e. The number of carbonyl (C=O) groups is 3. The first-order chi connectivity index (χ1) is 18.1. The van der Waals surface area contributed by atoms with Gasteiger partial charge in [-0.25, -0.2) is 0 Å². The molecule has 3 N–H and O–H groups in total. The minimum Gasteiger partial charge on any atom is -0.480 e. The van der Waals surface area contributed by atoms with Crippen LogP contribution in [0.25, 0.3) is 0 Å². The Morgan fingerprint density at radius 3 is 1.84 bits per heavy atom. The molecule has 0 radical (unpaired) electrons. The number of aromatic nitrogens is 1. The first kappa shape index (κ1) is 28.6. The van der Waals surface area contributed by atoms with E-state index in [9.17, 15) is 39.8 Å². The van der Waals surface area contributed by atoms with Crippen LogP contribution in [0.4, 0.5) is 5.69 Å². The van der Waals surface area contributed by atoms with Gasteiger partial charge in [-0.15, -0.1) is 0 Å². The topological polar surface area (TPSA) is 178 Å². The van der Waals surface area contributed by atoms with E-state index in [-0.39, 0.29) is 64.5 Å². The molecular formula is C25H31N5O8. The summed E-state index contributed by atoms with van der Waals surface area (Å²) in [6, 6.07) is 10.3. The normalized spacial score (nSPS) is 16.6. The Balaban J connectivity index is 1.83. The molecule has 1 aliphatic rings. The number of hydrogen-bond donors (Lipinski definition) is 3. The van der Waals surface area contributed by atoms with Gasteiger partial charge in [0.25, 0.3) is 5.69 Å². The first-order valence-corrected chi connectivity index (χ1v) is 12.1. The van der Waals surface area contributed by atoms with Crippen LogP contribution in [0.3, 0.4) is 0 Å². The average Bonchev–Trinajstić information content (AvgIpc) is 2.84. The summed E-state index contributed by atoms with van der Waals surface area (Å²) in [6.45, 7) is 1.00. The van der Waals surface area contributed by atoms with Crippen molar-refractivity contribution in [2.45, 2.75) is 32.0 Å². The van der Waals surface area contributed by atoms with E-state index < -0.39 is 28.9 Å². The second-order valence-electron chi connectivity index (χ2n) is 9.18. The standard InChI is InChI=1S/C25H31N5O8/c31-23(32)16-27-10-12-29(22(25(35)36)9-6-18-4-7-21(8-5-18)30(37)38)13-11-28(17-24(33)34)15-20-3-1-2-19(14-27)26-20/h1-5,7-8,22H,6,9-17H2,(H,31,32)(H,33,34)(H,35,36). The third-order valence-corrected chi connectivity index (χ3v) is 6.34. The summed E-state index contributed by atoms with van der Waals surface area (Å²) in [6.07, 6.45) is 0.573. The fourth-order valence-corrected chi connectivity index (χ4v) is 4.49. The molecule has 1 unspecified atom stereocenters. The first-order valence-electron chi connectivity index (χ1n) is 12.1. The van der Waals surface area contributed by atoms with Crippen molar-refractivity contribution in [2.24, 2.45) is 0 Å². The molecule has 1 aromatic carbocycles. The van der Waals surface area contributed by atoms with E-state index in [4.69, 9.17) is 0 Å². The monoisotopic (exact) mass is 529 g/mol.